The third kappa shape index (κ3) is 4.97. The van der Waals surface area contributed by atoms with E-state index in [4.69, 9.17) is 4.52 Å². The molecule has 0 fully saturated rings. The number of hydrogen-bond acceptors (Lipinski definition) is 6. The molecular weight excluding hydrogens is 469 g/mol. The van der Waals surface area contributed by atoms with Crippen molar-refractivity contribution in [3.05, 3.63) is 102 Å². The van der Waals surface area contributed by atoms with E-state index in [0.29, 0.717) is 29.6 Å². The average Bonchev–Trinajstić information content (AvgIpc) is 3.50. The molecule has 5 rings (SSSR count). The molecule has 1 N–H and O–H groups in total. The van der Waals surface area contributed by atoms with E-state index in [0.717, 1.165) is 22.8 Å². The molecule has 0 saturated heterocycles. The molecule has 0 unspecified atom stereocenters. The number of imidazole rings is 1. The van der Waals surface area contributed by atoms with Gasteiger partial charge in [0.25, 0.3) is 15.9 Å². The summed E-state index contributed by atoms with van der Waals surface area (Å²) >= 11 is 0. The minimum Gasteiger partial charge on any atom is -0.332 e. The zero-order valence-electron chi connectivity index (χ0n) is 18.6. The Balaban J connectivity index is 1.27. The lowest BCUT2D eigenvalue weighted by Crippen LogP contribution is -2.14. The van der Waals surface area contributed by atoms with Gasteiger partial charge in [0, 0.05) is 24.0 Å². The van der Waals surface area contributed by atoms with Crippen LogP contribution in [0.3, 0.4) is 0 Å². The van der Waals surface area contributed by atoms with Gasteiger partial charge < -0.3 is 9.09 Å². The van der Waals surface area contributed by atoms with E-state index in [2.05, 4.69) is 19.8 Å². The van der Waals surface area contributed by atoms with Crippen molar-refractivity contribution in [3.8, 4) is 23.0 Å². The van der Waals surface area contributed by atoms with Crippen molar-refractivity contribution in [3.63, 3.8) is 0 Å². The molecule has 5 aromatic rings. The largest absolute Gasteiger partial charge is 0.332 e. The fraction of sp³-hybridized carbons (Fsp3) is 0.0800. The predicted octanol–water partition coefficient (Wildman–Crippen LogP) is 4.90. The van der Waals surface area contributed by atoms with Gasteiger partial charge in [0.15, 0.2) is 0 Å². The Morgan fingerprint density at radius 1 is 1.03 bits per heavy atom. The Kier molecular flexibility index (Phi) is 5.87. The molecule has 35 heavy (non-hydrogen) atoms. The van der Waals surface area contributed by atoms with E-state index in [9.17, 15) is 12.8 Å². The second-order valence-electron chi connectivity index (χ2n) is 7.96. The number of benzene rings is 3. The lowest BCUT2D eigenvalue weighted by Gasteiger charge is -2.10. The van der Waals surface area contributed by atoms with Crippen LogP contribution in [-0.2, 0) is 16.6 Å². The molecule has 3 aromatic carbocycles. The van der Waals surface area contributed by atoms with Gasteiger partial charge in [-0.1, -0.05) is 53.2 Å². The monoisotopic (exact) mass is 489 g/mol. The molecule has 0 spiro atoms. The van der Waals surface area contributed by atoms with Gasteiger partial charge in [-0.3, -0.25) is 4.72 Å². The molecule has 0 saturated carbocycles. The number of halogens is 1. The summed E-state index contributed by atoms with van der Waals surface area (Å²) in [6.45, 7) is 2.49. The molecule has 0 aliphatic carbocycles. The average molecular weight is 490 g/mol. The van der Waals surface area contributed by atoms with Gasteiger partial charge in [0.05, 0.1) is 6.33 Å². The molecule has 0 aliphatic heterocycles. The van der Waals surface area contributed by atoms with Crippen LogP contribution in [0.4, 0.5) is 10.1 Å². The van der Waals surface area contributed by atoms with E-state index in [-0.39, 0.29) is 0 Å². The summed E-state index contributed by atoms with van der Waals surface area (Å²) in [6.07, 6.45) is 3.45. The van der Waals surface area contributed by atoms with Crippen LogP contribution in [-0.4, -0.2) is 28.1 Å². The summed E-state index contributed by atoms with van der Waals surface area (Å²) in [6, 6.07) is 19.9. The lowest BCUT2D eigenvalue weighted by atomic mass is 10.1. The van der Waals surface area contributed by atoms with Crippen molar-refractivity contribution in [1.29, 1.82) is 0 Å². The van der Waals surface area contributed by atoms with Crippen LogP contribution in [0.25, 0.3) is 23.0 Å². The number of sulfonamides is 1. The van der Waals surface area contributed by atoms with Gasteiger partial charge in [-0.2, -0.15) is 4.98 Å². The lowest BCUT2D eigenvalue weighted by molar-refractivity contribution is 0.431. The van der Waals surface area contributed by atoms with Gasteiger partial charge in [-0.05, 0) is 42.8 Å². The highest BCUT2D eigenvalue weighted by molar-refractivity contribution is 7.92. The maximum Gasteiger partial charge on any atom is 0.278 e. The van der Waals surface area contributed by atoms with E-state index in [1.807, 2.05) is 35.8 Å². The SMILES string of the molecule is Cc1cccc(-c2noc(-c3cn(Cc4ccc(NS(=O)(=O)c5ccccc5F)cc4)cn3)n2)c1. The topological polar surface area (TPSA) is 103 Å². The van der Waals surface area contributed by atoms with Crippen molar-refractivity contribution in [2.24, 2.45) is 0 Å². The maximum absolute atomic E-state index is 13.9. The molecule has 0 atom stereocenters. The van der Waals surface area contributed by atoms with E-state index in [1.165, 1.54) is 18.2 Å². The highest BCUT2D eigenvalue weighted by Gasteiger charge is 2.18. The summed E-state index contributed by atoms with van der Waals surface area (Å²) < 4.78 is 48.4. The minimum atomic E-state index is -4.03. The molecule has 2 heterocycles. The Morgan fingerprint density at radius 2 is 1.83 bits per heavy atom. The maximum atomic E-state index is 13.9. The van der Waals surface area contributed by atoms with Crippen LogP contribution >= 0.6 is 0 Å². The van der Waals surface area contributed by atoms with Crippen LogP contribution in [0.15, 0.2) is 94.7 Å². The predicted molar refractivity (Wildman–Crippen MR) is 128 cm³/mol. The number of aromatic nitrogens is 4. The summed E-state index contributed by atoms with van der Waals surface area (Å²) in [5.41, 5.74) is 3.76. The van der Waals surface area contributed by atoms with Crippen molar-refractivity contribution in [1.82, 2.24) is 19.7 Å². The fourth-order valence-electron chi connectivity index (χ4n) is 3.55. The standard InChI is InChI=1S/C25H20FN5O3S/c1-17-5-4-6-19(13-17)24-28-25(34-29-24)22-15-31(16-27-22)14-18-9-11-20(12-10-18)30-35(32,33)23-8-3-2-7-21(23)26/h2-13,15-16,30H,14H2,1H3. The Bertz CT molecular complexity index is 1590. The number of hydrogen-bond donors (Lipinski definition) is 1. The van der Waals surface area contributed by atoms with Gasteiger partial charge in [-0.15, -0.1) is 0 Å². The molecule has 10 heteroatoms. The number of nitrogens with one attached hydrogen (secondary N) is 1. The van der Waals surface area contributed by atoms with Crippen molar-refractivity contribution < 1.29 is 17.3 Å². The van der Waals surface area contributed by atoms with E-state index in [1.54, 1.807) is 36.8 Å². The van der Waals surface area contributed by atoms with E-state index < -0.39 is 20.7 Å². The van der Waals surface area contributed by atoms with Crippen LogP contribution in [0.2, 0.25) is 0 Å². The fourth-order valence-corrected chi connectivity index (χ4v) is 4.69. The molecule has 0 aliphatic rings. The van der Waals surface area contributed by atoms with Crippen LogP contribution in [0, 0.1) is 12.7 Å². The molecule has 0 radical (unpaired) electrons. The van der Waals surface area contributed by atoms with Crippen LogP contribution < -0.4 is 4.72 Å². The summed E-state index contributed by atoms with van der Waals surface area (Å²) in [7, 11) is -4.03. The van der Waals surface area contributed by atoms with Crippen LogP contribution in [0.1, 0.15) is 11.1 Å². The Labute approximate surface area is 201 Å². The normalized spacial score (nSPS) is 11.5. The smallest absolute Gasteiger partial charge is 0.278 e. The molecule has 0 amide bonds. The van der Waals surface area contributed by atoms with E-state index >= 15 is 0 Å². The molecule has 0 bridgehead atoms. The molecule has 8 nitrogen and oxygen atoms in total. The zero-order valence-corrected chi connectivity index (χ0v) is 19.4. The Morgan fingerprint density at radius 3 is 2.60 bits per heavy atom. The Hall–Kier alpha value is -4.31. The number of aryl methyl sites for hydroxylation is 1. The molecular formula is C25H20FN5O3S. The highest BCUT2D eigenvalue weighted by atomic mass is 32.2. The van der Waals surface area contributed by atoms with Gasteiger partial charge in [0.1, 0.15) is 16.4 Å². The summed E-state index contributed by atoms with van der Waals surface area (Å²) in [5, 5.41) is 4.05. The first kappa shape index (κ1) is 22.5. The number of anilines is 1. The number of nitrogens with zero attached hydrogens (tertiary/aromatic N) is 4. The van der Waals surface area contributed by atoms with Crippen molar-refractivity contribution in [2.75, 3.05) is 4.72 Å². The van der Waals surface area contributed by atoms with Gasteiger partial charge >= 0.3 is 0 Å². The molecule has 2 aromatic heterocycles. The van der Waals surface area contributed by atoms with Gasteiger partial charge in [-0.25, -0.2) is 17.8 Å². The first-order valence-corrected chi connectivity index (χ1v) is 12.1. The third-order valence-electron chi connectivity index (χ3n) is 5.25. The van der Waals surface area contributed by atoms with Crippen LogP contribution in [0.5, 0.6) is 0 Å². The van der Waals surface area contributed by atoms with Crippen molar-refractivity contribution >= 4 is 15.7 Å². The first-order chi connectivity index (χ1) is 16.9. The zero-order chi connectivity index (χ0) is 24.4. The first-order valence-electron chi connectivity index (χ1n) is 10.7. The second-order valence-corrected chi connectivity index (χ2v) is 9.61. The quantitative estimate of drug-likeness (QED) is 0.349. The second kappa shape index (κ2) is 9.15. The minimum absolute atomic E-state index is 0.318. The van der Waals surface area contributed by atoms with Crippen molar-refractivity contribution in [2.45, 2.75) is 18.4 Å². The number of rotatable bonds is 7. The molecule has 176 valence electrons. The third-order valence-corrected chi connectivity index (χ3v) is 6.67. The highest BCUT2D eigenvalue weighted by Crippen LogP contribution is 2.23. The van der Waals surface area contributed by atoms with Gasteiger partial charge in [0.2, 0.25) is 5.82 Å². The summed E-state index contributed by atoms with van der Waals surface area (Å²) in [4.78, 5) is 8.40. The summed E-state index contributed by atoms with van der Waals surface area (Å²) in [5.74, 6) is 0.00427.